The highest BCUT2D eigenvalue weighted by molar-refractivity contribution is 6.02. The van der Waals surface area contributed by atoms with Crippen LogP contribution in [0, 0.1) is 5.92 Å². The van der Waals surface area contributed by atoms with Gasteiger partial charge in [-0.25, -0.2) is 0 Å². The molecule has 6 nitrogen and oxygen atoms in total. The van der Waals surface area contributed by atoms with Gasteiger partial charge in [0.1, 0.15) is 17.1 Å². The van der Waals surface area contributed by atoms with E-state index < -0.39 is 11.5 Å². The van der Waals surface area contributed by atoms with Gasteiger partial charge in [-0.2, -0.15) is 0 Å². The van der Waals surface area contributed by atoms with E-state index in [1.54, 1.807) is 41.0 Å². The van der Waals surface area contributed by atoms with E-state index in [1.807, 2.05) is 13.8 Å². The van der Waals surface area contributed by atoms with Crippen LogP contribution in [0.25, 0.3) is 10.9 Å². The number of carbonyl (C=O) groups excluding carboxylic acids is 1. The zero-order valence-electron chi connectivity index (χ0n) is 14.2. The smallest absolute Gasteiger partial charge is 0.267 e. The molecule has 0 radical (unpaired) electrons. The molecule has 2 N–H and O–H groups in total. The Morgan fingerprint density at radius 2 is 2.00 bits per heavy atom. The number of hydrogen-bond donors (Lipinski definition) is 2. The van der Waals surface area contributed by atoms with Gasteiger partial charge in [-0.3, -0.25) is 9.59 Å². The van der Waals surface area contributed by atoms with E-state index in [1.165, 1.54) is 6.26 Å². The van der Waals surface area contributed by atoms with E-state index in [0.29, 0.717) is 23.2 Å². The number of hydrogen-bond acceptors (Lipinski definition) is 4. The number of nitrogens with one attached hydrogen (secondary N) is 1. The number of rotatable bonds is 5. The van der Waals surface area contributed by atoms with Crippen LogP contribution >= 0.6 is 0 Å². The third-order valence-corrected chi connectivity index (χ3v) is 3.92. The summed E-state index contributed by atoms with van der Waals surface area (Å²) in [5, 5.41) is 13.6. The van der Waals surface area contributed by atoms with Gasteiger partial charge >= 0.3 is 0 Å². The van der Waals surface area contributed by atoms with Crippen molar-refractivity contribution in [1.82, 2.24) is 9.88 Å². The van der Waals surface area contributed by atoms with Crippen LogP contribution in [0.15, 0.2) is 51.9 Å². The molecule has 0 fully saturated rings. The SMILES string of the molecule is CC(C)Cn1c(=O)c(C(=O)NCc2ccco2)c(O)c2ccccc21. The molecule has 1 amide bonds. The first kappa shape index (κ1) is 16.8. The number of amides is 1. The van der Waals surface area contributed by atoms with Gasteiger partial charge in [0, 0.05) is 11.9 Å². The van der Waals surface area contributed by atoms with Gasteiger partial charge in [0.15, 0.2) is 0 Å². The van der Waals surface area contributed by atoms with Gasteiger partial charge < -0.3 is 19.4 Å². The largest absolute Gasteiger partial charge is 0.506 e. The van der Waals surface area contributed by atoms with Gasteiger partial charge in [0.2, 0.25) is 0 Å². The molecule has 3 rings (SSSR count). The second-order valence-electron chi connectivity index (χ2n) is 6.31. The number of aromatic nitrogens is 1. The number of carbonyl (C=O) groups is 1. The maximum absolute atomic E-state index is 12.9. The Balaban J connectivity index is 2.07. The molecule has 0 spiro atoms. The van der Waals surface area contributed by atoms with Crippen molar-refractivity contribution in [3.05, 3.63) is 64.3 Å². The fourth-order valence-corrected chi connectivity index (χ4v) is 2.81. The highest BCUT2D eigenvalue weighted by atomic mass is 16.3. The maximum Gasteiger partial charge on any atom is 0.267 e. The molecule has 3 aromatic rings. The van der Waals surface area contributed by atoms with Crippen LogP contribution in [0.2, 0.25) is 0 Å². The number of benzene rings is 1. The molecular formula is C19H20N2O4. The topological polar surface area (TPSA) is 84.5 Å². The van der Waals surface area contributed by atoms with Gasteiger partial charge in [0.05, 0.1) is 18.3 Å². The van der Waals surface area contributed by atoms with Gasteiger partial charge in [-0.1, -0.05) is 26.0 Å². The molecule has 2 heterocycles. The minimum atomic E-state index is -0.623. The molecule has 0 saturated heterocycles. The Labute approximate surface area is 144 Å². The van der Waals surface area contributed by atoms with Crippen molar-refractivity contribution in [3.63, 3.8) is 0 Å². The first-order chi connectivity index (χ1) is 12.0. The van der Waals surface area contributed by atoms with Crippen molar-refractivity contribution < 1.29 is 14.3 Å². The van der Waals surface area contributed by atoms with Crippen LogP contribution in [-0.4, -0.2) is 15.6 Å². The molecule has 0 saturated carbocycles. The average Bonchev–Trinajstić information content (AvgIpc) is 3.10. The number of aromatic hydroxyl groups is 1. The molecule has 0 unspecified atom stereocenters. The van der Waals surface area contributed by atoms with Gasteiger partial charge in [0.25, 0.3) is 11.5 Å². The van der Waals surface area contributed by atoms with Crippen LogP contribution < -0.4 is 10.9 Å². The summed E-state index contributed by atoms with van der Waals surface area (Å²) in [6.45, 7) is 4.58. The van der Waals surface area contributed by atoms with Crippen LogP contribution in [0.1, 0.15) is 30.0 Å². The fraction of sp³-hybridized carbons (Fsp3) is 0.263. The van der Waals surface area contributed by atoms with Crippen molar-refractivity contribution in [1.29, 1.82) is 0 Å². The van der Waals surface area contributed by atoms with Gasteiger partial charge in [-0.15, -0.1) is 0 Å². The van der Waals surface area contributed by atoms with Crippen molar-refractivity contribution in [3.8, 4) is 5.75 Å². The molecule has 0 aliphatic rings. The minimum Gasteiger partial charge on any atom is -0.506 e. The molecule has 0 bridgehead atoms. The van der Waals surface area contributed by atoms with Crippen molar-refractivity contribution in [2.45, 2.75) is 26.9 Å². The number of fused-ring (bicyclic) bond motifs is 1. The fourth-order valence-electron chi connectivity index (χ4n) is 2.81. The summed E-state index contributed by atoms with van der Waals surface area (Å²) in [5.41, 5.74) is -0.131. The predicted molar refractivity (Wildman–Crippen MR) is 94.6 cm³/mol. The lowest BCUT2D eigenvalue weighted by atomic mass is 10.1. The van der Waals surface area contributed by atoms with E-state index in [9.17, 15) is 14.7 Å². The summed E-state index contributed by atoms with van der Waals surface area (Å²) in [7, 11) is 0. The van der Waals surface area contributed by atoms with Gasteiger partial charge in [-0.05, 0) is 30.2 Å². The Bertz CT molecular complexity index is 955. The van der Waals surface area contributed by atoms with E-state index in [4.69, 9.17) is 4.42 Å². The summed E-state index contributed by atoms with van der Waals surface area (Å²) < 4.78 is 6.71. The molecule has 130 valence electrons. The third kappa shape index (κ3) is 3.28. The molecule has 2 aromatic heterocycles. The first-order valence-corrected chi connectivity index (χ1v) is 8.14. The summed E-state index contributed by atoms with van der Waals surface area (Å²) in [6, 6.07) is 10.5. The normalized spacial score (nSPS) is 11.2. The van der Waals surface area contributed by atoms with Crippen LogP contribution in [0.3, 0.4) is 0 Å². The second-order valence-corrected chi connectivity index (χ2v) is 6.31. The Morgan fingerprint density at radius 1 is 1.24 bits per heavy atom. The zero-order valence-corrected chi connectivity index (χ0v) is 14.2. The monoisotopic (exact) mass is 340 g/mol. The Morgan fingerprint density at radius 3 is 2.68 bits per heavy atom. The number of para-hydroxylation sites is 1. The molecule has 0 atom stereocenters. The summed E-state index contributed by atoms with van der Waals surface area (Å²) in [4.78, 5) is 25.4. The highest BCUT2D eigenvalue weighted by Crippen LogP contribution is 2.26. The van der Waals surface area contributed by atoms with Crippen LogP contribution in [0.4, 0.5) is 0 Å². The molecule has 0 aliphatic carbocycles. The van der Waals surface area contributed by atoms with E-state index in [-0.39, 0.29) is 23.8 Å². The van der Waals surface area contributed by atoms with Crippen LogP contribution in [0.5, 0.6) is 5.75 Å². The number of pyridine rings is 1. The number of nitrogens with zero attached hydrogens (tertiary/aromatic N) is 1. The van der Waals surface area contributed by atoms with Crippen molar-refractivity contribution in [2.75, 3.05) is 0 Å². The summed E-state index contributed by atoms with van der Waals surface area (Å²) in [5.74, 6) is -0.138. The molecule has 1 aromatic carbocycles. The molecule has 0 aliphatic heterocycles. The van der Waals surface area contributed by atoms with E-state index >= 15 is 0 Å². The first-order valence-electron chi connectivity index (χ1n) is 8.14. The summed E-state index contributed by atoms with van der Waals surface area (Å²) >= 11 is 0. The lowest BCUT2D eigenvalue weighted by Gasteiger charge is -2.16. The number of furan rings is 1. The summed E-state index contributed by atoms with van der Waals surface area (Å²) in [6.07, 6.45) is 1.50. The minimum absolute atomic E-state index is 0.141. The second kappa shape index (κ2) is 6.84. The predicted octanol–water partition coefficient (Wildman–Crippen LogP) is 2.89. The lowest BCUT2D eigenvalue weighted by Crippen LogP contribution is -2.34. The Kier molecular flexibility index (Phi) is 4.61. The average molecular weight is 340 g/mol. The standard InChI is InChI=1S/C19H20N2O4/c1-12(2)11-21-15-8-4-3-7-14(15)17(22)16(19(21)24)18(23)20-10-13-6-5-9-25-13/h3-9,12,22H,10-11H2,1-2H3,(H,20,23). The Hall–Kier alpha value is -3.02. The van der Waals surface area contributed by atoms with E-state index in [0.717, 1.165) is 0 Å². The quantitative estimate of drug-likeness (QED) is 0.748. The maximum atomic E-state index is 12.9. The lowest BCUT2D eigenvalue weighted by molar-refractivity contribution is 0.0943. The molecule has 25 heavy (non-hydrogen) atoms. The third-order valence-electron chi connectivity index (χ3n) is 3.92. The van der Waals surface area contributed by atoms with E-state index in [2.05, 4.69) is 5.32 Å². The van der Waals surface area contributed by atoms with Crippen molar-refractivity contribution in [2.24, 2.45) is 5.92 Å². The van der Waals surface area contributed by atoms with Crippen molar-refractivity contribution >= 4 is 16.8 Å². The highest BCUT2D eigenvalue weighted by Gasteiger charge is 2.22. The zero-order chi connectivity index (χ0) is 18.0. The molecule has 6 heteroatoms. The molecular weight excluding hydrogens is 320 g/mol. The van der Waals surface area contributed by atoms with Crippen LogP contribution in [-0.2, 0) is 13.1 Å².